The van der Waals surface area contributed by atoms with Gasteiger partial charge < -0.3 is 15.5 Å². The van der Waals surface area contributed by atoms with Crippen molar-refractivity contribution in [1.29, 1.82) is 0 Å². The van der Waals surface area contributed by atoms with Crippen LogP contribution in [0.4, 0.5) is 0 Å². The van der Waals surface area contributed by atoms with Crippen molar-refractivity contribution in [3.63, 3.8) is 0 Å². The Morgan fingerprint density at radius 3 is 2.71 bits per heavy atom. The molecule has 94 valence electrons. The molecule has 0 aliphatic rings. The number of hydrogen-bond donors (Lipinski definition) is 3. The summed E-state index contributed by atoms with van der Waals surface area (Å²) in [6, 6.07) is 4.77. The van der Waals surface area contributed by atoms with E-state index in [2.05, 4.69) is 5.32 Å². The molecule has 1 aromatic carbocycles. The zero-order valence-electron chi connectivity index (χ0n) is 10.2. The van der Waals surface area contributed by atoms with Crippen LogP contribution in [0.1, 0.15) is 29.3 Å². The van der Waals surface area contributed by atoms with E-state index in [1.165, 1.54) is 6.07 Å². The van der Waals surface area contributed by atoms with Crippen molar-refractivity contribution in [3.8, 4) is 5.75 Å². The molecule has 0 spiro atoms. The Morgan fingerprint density at radius 2 is 2.12 bits per heavy atom. The van der Waals surface area contributed by atoms with Gasteiger partial charge in [-0.15, -0.1) is 0 Å². The van der Waals surface area contributed by atoms with E-state index < -0.39 is 0 Å². The number of aryl methyl sites for hydroxylation is 1. The van der Waals surface area contributed by atoms with Gasteiger partial charge in [0.1, 0.15) is 5.75 Å². The number of phenols is 1. The van der Waals surface area contributed by atoms with Crippen LogP contribution in [0, 0.1) is 12.8 Å². The summed E-state index contributed by atoms with van der Waals surface area (Å²) in [7, 11) is 0. The van der Waals surface area contributed by atoms with Gasteiger partial charge in [-0.05, 0) is 43.0 Å². The Balaban J connectivity index is 2.58. The van der Waals surface area contributed by atoms with Crippen LogP contribution in [-0.4, -0.2) is 29.3 Å². The van der Waals surface area contributed by atoms with Crippen LogP contribution in [0.25, 0.3) is 0 Å². The van der Waals surface area contributed by atoms with Crippen molar-refractivity contribution in [2.75, 3.05) is 13.2 Å². The third-order valence-corrected chi connectivity index (χ3v) is 2.56. The smallest absolute Gasteiger partial charge is 0.251 e. The van der Waals surface area contributed by atoms with Crippen molar-refractivity contribution < 1.29 is 15.0 Å². The lowest BCUT2D eigenvalue weighted by Gasteiger charge is -2.11. The maximum atomic E-state index is 11.8. The maximum Gasteiger partial charge on any atom is 0.251 e. The number of rotatable bonds is 5. The number of aliphatic hydroxyl groups is 1. The molecule has 3 N–H and O–H groups in total. The Kier molecular flexibility index (Phi) is 4.97. The first-order valence-corrected chi connectivity index (χ1v) is 5.72. The van der Waals surface area contributed by atoms with Crippen molar-refractivity contribution in [2.24, 2.45) is 5.92 Å². The lowest BCUT2D eigenvalue weighted by Crippen LogP contribution is -2.28. The second-order valence-corrected chi connectivity index (χ2v) is 4.38. The third-order valence-electron chi connectivity index (χ3n) is 2.56. The van der Waals surface area contributed by atoms with Gasteiger partial charge in [-0.3, -0.25) is 4.79 Å². The van der Waals surface area contributed by atoms with E-state index in [0.29, 0.717) is 18.5 Å². The van der Waals surface area contributed by atoms with Crippen molar-refractivity contribution >= 4 is 5.91 Å². The number of carbonyl (C=O) groups excluding carboxylic acids is 1. The highest BCUT2D eigenvalue weighted by Gasteiger charge is 2.09. The van der Waals surface area contributed by atoms with Gasteiger partial charge in [0.15, 0.2) is 0 Å². The van der Waals surface area contributed by atoms with E-state index in [1.807, 2.05) is 13.8 Å². The number of aliphatic hydroxyl groups excluding tert-OH is 1. The van der Waals surface area contributed by atoms with Crippen LogP contribution >= 0.6 is 0 Å². The van der Waals surface area contributed by atoms with E-state index in [1.54, 1.807) is 12.1 Å². The predicted molar refractivity (Wildman–Crippen MR) is 66.0 cm³/mol. The largest absolute Gasteiger partial charge is 0.508 e. The molecule has 0 aliphatic carbocycles. The Morgan fingerprint density at radius 1 is 1.41 bits per heavy atom. The molecule has 1 amide bonds. The molecule has 1 rings (SSSR count). The fourth-order valence-electron chi connectivity index (χ4n) is 1.59. The second kappa shape index (κ2) is 6.25. The molecular formula is C13H19NO3. The summed E-state index contributed by atoms with van der Waals surface area (Å²) in [4.78, 5) is 11.8. The molecule has 0 saturated carbocycles. The lowest BCUT2D eigenvalue weighted by molar-refractivity contribution is 0.0945. The third kappa shape index (κ3) is 4.44. The summed E-state index contributed by atoms with van der Waals surface area (Å²) < 4.78 is 0. The molecule has 0 aromatic heterocycles. The fraction of sp³-hybridized carbons (Fsp3) is 0.462. The fourth-order valence-corrected chi connectivity index (χ4v) is 1.59. The van der Waals surface area contributed by atoms with Crippen LogP contribution in [0.3, 0.4) is 0 Å². The standard InChI is InChI=1S/C13H19NO3/c1-9(3-4-15)8-14-13(17)11-5-10(2)6-12(16)7-11/h5-7,9,15-16H,3-4,8H2,1-2H3,(H,14,17). The quantitative estimate of drug-likeness (QED) is 0.726. The number of aromatic hydroxyl groups is 1. The summed E-state index contributed by atoms with van der Waals surface area (Å²) in [5.74, 6) is 0.134. The van der Waals surface area contributed by atoms with Gasteiger partial charge >= 0.3 is 0 Å². The molecule has 4 heteroatoms. The van der Waals surface area contributed by atoms with Gasteiger partial charge in [-0.2, -0.15) is 0 Å². The predicted octanol–water partition coefficient (Wildman–Crippen LogP) is 1.45. The van der Waals surface area contributed by atoms with Crippen molar-refractivity contribution in [3.05, 3.63) is 29.3 Å². The van der Waals surface area contributed by atoms with Crippen LogP contribution in [0.5, 0.6) is 5.75 Å². The zero-order chi connectivity index (χ0) is 12.8. The molecule has 1 unspecified atom stereocenters. The lowest BCUT2D eigenvalue weighted by atomic mass is 10.1. The van der Waals surface area contributed by atoms with Gasteiger partial charge in [0.2, 0.25) is 0 Å². The topological polar surface area (TPSA) is 69.6 Å². The first-order chi connectivity index (χ1) is 8.02. The molecular weight excluding hydrogens is 218 g/mol. The molecule has 0 bridgehead atoms. The van der Waals surface area contributed by atoms with Gasteiger partial charge in [0, 0.05) is 18.7 Å². The number of amides is 1. The van der Waals surface area contributed by atoms with Gasteiger partial charge in [-0.25, -0.2) is 0 Å². The van der Waals surface area contributed by atoms with E-state index >= 15 is 0 Å². The van der Waals surface area contributed by atoms with Gasteiger partial charge in [-0.1, -0.05) is 6.92 Å². The highest BCUT2D eigenvalue weighted by Crippen LogP contribution is 2.14. The Labute approximate surface area is 101 Å². The summed E-state index contributed by atoms with van der Waals surface area (Å²) in [6.07, 6.45) is 0.666. The minimum absolute atomic E-state index is 0.0959. The van der Waals surface area contributed by atoms with E-state index in [0.717, 1.165) is 5.56 Å². The normalized spacial score (nSPS) is 12.2. The minimum atomic E-state index is -0.200. The average molecular weight is 237 g/mol. The molecule has 0 fully saturated rings. The van der Waals surface area contributed by atoms with Gasteiger partial charge in [0.05, 0.1) is 0 Å². The monoisotopic (exact) mass is 237 g/mol. The molecule has 0 heterocycles. The van der Waals surface area contributed by atoms with Crippen LogP contribution in [0.2, 0.25) is 0 Å². The minimum Gasteiger partial charge on any atom is -0.508 e. The first kappa shape index (κ1) is 13.5. The van der Waals surface area contributed by atoms with Crippen molar-refractivity contribution in [2.45, 2.75) is 20.3 Å². The Bertz CT molecular complexity index is 370. The number of phenolic OH excluding ortho intramolecular Hbond substituents is 1. The summed E-state index contributed by atoms with van der Waals surface area (Å²) in [6.45, 7) is 4.44. The summed E-state index contributed by atoms with van der Waals surface area (Å²) in [5, 5.41) is 20.9. The van der Waals surface area contributed by atoms with E-state index in [4.69, 9.17) is 5.11 Å². The van der Waals surface area contributed by atoms with Gasteiger partial charge in [0.25, 0.3) is 5.91 Å². The Hall–Kier alpha value is -1.55. The molecule has 0 saturated heterocycles. The van der Waals surface area contributed by atoms with E-state index in [-0.39, 0.29) is 24.2 Å². The molecule has 0 radical (unpaired) electrons. The number of nitrogens with one attached hydrogen (secondary N) is 1. The SMILES string of the molecule is Cc1cc(O)cc(C(=O)NCC(C)CCO)c1. The number of benzene rings is 1. The molecule has 4 nitrogen and oxygen atoms in total. The van der Waals surface area contributed by atoms with Crippen LogP contribution < -0.4 is 5.32 Å². The number of hydrogen-bond acceptors (Lipinski definition) is 3. The first-order valence-electron chi connectivity index (χ1n) is 5.72. The van der Waals surface area contributed by atoms with Crippen LogP contribution in [-0.2, 0) is 0 Å². The second-order valence-electron chi connectivity index (χ2n) is 4.38. The highest BCUT2D eigenvalue weighted by molar-refractivity contribution is 5.94. The van der Waals surface area contributed by atoms with Crippen molar-refractivity contribution in [1.82, 2.24) is 5.32 Å². The molecule has 1 atom stereocenters. The maximum absolute atomic E-state index is 11.8. The molecule has 1 aromatic rings. The molecule has 17 heavy (non-hydrogen) atoms. The highest BCUT2D eigenvalue weighted by atomic mass is 16.3. The zero-order valence-corrected chi connectivity index (χ0v) is 10.2. The van der Waals surface area contributed by atoms with E-state index in [9.17, 15) is 9.90 Å². The molecule has 0 aliphatic heterocycles. The van der Waals surface area contributed by atoms with Crippen LogP contribution in [0.15, 0.2) is 18.2 Å². The number of carbonyl (C=O) groups is 1. The summed E-state index contributed by atoms with van der Waals surface area (Å²) >= 11 is 0. The average Bonchev–Trinajstić information content (AvgIpc) is 2.25. The summed E-state index contributed by atoms with van der Waals surface area (Å²) in [5.41, 5.74) is 1.30.